The number of hydrogen-bond donors (Lipinski definition) is 2. The van der Waals surface area contributed by atoms with Crippen LogP contribution >= 0.6 is 0 Å². The molecule has 4 nitrogen and oxygen atoms in total. The fourth-order valence-electron chi connectivity index (χ4n) is 2.99. The number of hydrogen-bond acceptors (Lipinski definition) is 2. The van der Waals surface area contributed by atoms with Crippen LogP contribution in [0.5, 0.6) is 0 Å². The second-order valence-corrected chi connectivity index (χ2v) is 5.79. The van der Waals surface area contributed by atoms with Gasteiger partial charge in [0.1, 0.15) is 11.6 Å². The minimum atomic E-state index is -0.270. The topological polar surface area (TPSA) is 68.7 Å². The first-order valence-electron chi connectivity index (χ1n) is 7.76. The predicted octanol–water partition coefficient (Wildman–Crippen LogP) is 3.52. The maximum absolute atomic E-state index is 12.2. The first kappa shape index (κ1) is 14.4. The lowest BCUT2D eigenvalue weighted by molar-refractivity contribution is -0.117. The van der Waals surface area contributed by atoms with Gasteiger partial charge in [0.15, 0.2) is 0 Å². The highest BCUT2D eigenvalue weighted by Gasteiger charge is 2.18. The number of para-hydroxylation sites is 1. The van der Waals surface area contributed by atoms with Crippen LogP contribution < -0.4 is 5.32 Å². The summed E-state index contributed by atoms with van der Waals surface area (Å²) in [5.41, 5.74) is 1.92. The summed E-state index contributed by atoms with van der Waals surface area (Å²) in [6.07, 6.45) is 7.19. The number of nitrogens with one attached hydrogen (secondary N) is 2. The van der Waals surface area contributed by atoms with Crippen LogP contribution in [0.25, 0.3) is 17.0 Å². The lowest BCUT2D eigenvalue weighted by Crippen LogP contribution is -2.36. The van der Waals surface area contributed by atoms with Gasteiger partial charge in [-0.2, -0.15) is 5.26 Å². The molecule has 1 aliphatic rings. The fraction of sp³-hybridized carbons (Fsp3) is 0.333. The second kappa shape index (κ2) is 6.48. The van der Waals surface area contributed by atoms with Crippen molar-refractivity contribution in [1.29, 1.82) is 5.26 Å². The van der Waals surface area contributed by atoms with Gasteiger partial charge in [-0.05, 0) is 36.4 Å². The lowest BCUT2D eigenvalue weighted by atomic mass is 9.95. The van der Waals surface area contributed by atoms with Gasteiger partial charge < -0.3 is 10.3 Å². The quantitative estimate of drug-likeness (QED) is 0.671. The highest BCUT2D eigenvalue weighted by molar-refractivity contribution is 6.02. The van der Waals surface area contributed by atoms with E-state index in [0.29, 0.717) is 0 Å². The number of aromatic nitrogens is 1. The third-order valence-electron chi connectivity index (χ3n) is 4.16. The molecule has 2 N–H and O–H groups in total. The van der Waals surface area contributed by atoms with Gasteiger partial charge in [-0.25, -0.2) is 0 Å². The van der Waals surface area contributed by atoms with Crippen LogP contribution in [0, 0.1) is 11.3 Å². The van der Waals surface area contributed by atoms with E-state index in [2.05, 4.69) is 10.3 Å². The molecule has 0 unspecified atom stereocenters. The van der Waals surface area contributed by atoms with Gasteiger partial charge in [-0.15, -0.1) is 0 Å². The molecule has 1 amide bonds. The fourth-order valence-corrected chi connectivity index (χ4v) is 2.99. The van der Waals surface area contributed by atoms with E-state index >= 15 is 0 Å². The zero-order valence-electron chi connectivity index (χ0n) is 12.4. The molecule has 2 aromatic rings. The highest BCUT2D eigenvalue weighted by Crippen LogP contribution is 2.19. The van der Waals surface area contributed by atoms with Crippen LogP contribution in [0.3, 0.4) is 0 Å². The monoisotopic (exact) mass is 293 g/mol. The van der Waals surface area contributed by atoms with Gasteiger partial charge in [0.25, 0.3) is 5.91 Å². The van der Waals surface area contributed by atoms with Crippen molar-refractivity contribution in [2.75, 3.05) is 0 Å². The summed E-state index contributed by atoms with van der Waals surface area (Å²) in [6.45, 7) is 0. The highest BCUT2D eigenvalue weighted by atomic mass is 16.1. The Bertz CT molecular complexity index is 712. The second-order valence-electron chi connectivity index (χ2n) is 5.79. The number of benzene rings is 1. The number of fused-ring (bicyclic) bond motifs is 1. The van der Waals surface area contributed by atoms with Crippen molar-refractivity contribution in [3.63, 3.8) is 0 Å². The summed E-state index contributed by atoms with van der Waals surface area (Å²) in [5.74, 6) is -0.270. The Labute approximate surface area is 129 Å². The molecule has 0 spiro atoms. The third kappa shape index (κ3) is 3.20. The molecule has 0 aliphatic heterocycles. The number of carbonyl (C=O) groups is 1. The molecule has 0 radical (unpaired) electrons. The van der Waals surface area contributed by atoms with Crippen LogP contribution in [0.15, 0.2) is 35.9 Å². The maximum atomic E-state index is 12.2. The minimum absolute atomic E-state index is 0.150. The summed E-state index contributed by atoms with van der Waals surface area (Å²) in [6, 6.07) is 12.1. The average Bonchev–Trinajstić information content (AvgIpc) is 2.96. The predicted molar refractivity (Wildman–Crippen MR) is 86.9 cm³/mol. The summed E-state index contributed by atoms with van der Waals surface area (Å²) in [4.78, 5) is 15.5. The molecule has 22 heavy (non-hydrogen) atoms. The Balaban J connectivity index is 1.77. The zero-order valence-corrected chi connectivity index (χ0v) is 12.4. The standard InChI is InChI=1S/C18H19N3O/c19-12-14(18(22)21-15-7-2-1-3-8-15)11-16-10-13-6-4-5-9-17(13)20-16/h4-6,9-11,15,20H,1-3,7-8H2,(H,21,22)/b14-11+. The van der Waals surface area contributed by atoms with Crippen LogP contribution in [0.4, 0.5) is 0 Å². The third-order valence-corrected chi connectivity index (χ3v) is 4.16. The van der Waals surface area contributed by atoms with Crippen molar-refractivity contribution in [1.82, 2.24) is 10.3 Å². The van der Waals surface area contributed by atoms with Gasteiger partial charge in [-0.3, -0.25) is 4.79 Å². The first-order valence-corrected chi connectivity index (χ1v) is 7.76. The van der Waals surface area contributed by atoms with Gasteiger partial charge >= 0.3 is 0 Å². The molecule has 0 bridgehead atoms. The van der Waals surface area contributed by atoms with E-state index in [1.807, 2.05) is 36.4 Å². The molecule has 0 saturated heterocycles. The zero-order chi connectivity index (χ0) is 15.4. The number of amides is 1. The molecule has 1 saturated carbocycles. The number of nitriles is 1. The molecule has 1 aromatic carbocycles. The Morgan fingerprint density at radius 1 is 1.27 bits per heavy atom. The number of nitrogens with zero attached hydrogens (tertiary/aromatic N) is 1. The summed E-state index contributed by atoms with van der Waals surface area (Å²) in [7, 11) is 0. The van der Waals surface area contributed by atoms with Crippen molar-refractivity contribution < 1.29 is 4.79 Å². The van der Waals surface area contributed by atoms with E-state index in [9.17, 15) is 10.1 Å². The number of rotatable bonds is 3. The molecule has 0 atom stereocenters. The van der Waals surface area contributed by atoms with E-state index in [1.165, 1.54) is 6.42 Å². The van der Waals surface area contributed by atoms with Crippen molar-refractivity contribution in [3.8, 4) is 6.07 Å². The van der Waals surface area contributed by atoms with Crippen molar-refractivity contribution in [2.45, 2.75) is 38.1 Å². The van der Waals surface area contributed by atoms with Crippen molar-refractivity contribution in [2.24, 2.45) is 0 Å². The van der Waals surface area contributed by atoms with E-state index in [0.717, 1.165) is 42.3 Å². The largest absolute Gasteiger partial charge is 0.355 e. The van der Waals surface area contributed by atoms with Crippen molar-refractivity contribution >= 4 is 22.9 Å². The van der Waals surface area contributed by atoms with E-state index in [-0.39, 0.29) is 17.5 Å². The average molecular weight is 293 g/mol. The molecule has 1 aromatic heterocycles. The minimum Gasteiger partial charge on any atom is -0.355 e. The lowest BCUT2D eigenvalue weighted by Gasteiger charge is -2.22. The Kier molecular flexibility index (Phi) is 4.24. The summed E-state index contributed by atoms with van der Waals surface area (Å²) >= 11 is 0. The molecule has 1 heterocycles. The molecular formula is C18H19N3O. The molecule has 4 heteroatoms. The SMILES string of the molecule is N#C/C(=C\c1cc2ccccc2[nH]1)C(=O)NC1CCCCC1. The Morgan fingerprint density at radius 3 is 2.77 bits per heavy atom. The number of carbonyl (C=O) groups excluding carboxylic acids is 1. The van der Waals surface area contributed by atoms with Gasteiger partial charge in [-0.1, -0.05) is 37.5 Å². The maximum Gasteiger partial charge on any atom is 0.262 e. The molecule has 112 valence electrons. The van der Waals surface area contributed by atoms with E-state index < -0.39 is 0 Å². The molecule has 3 rings (SSSR count). The van der Waals surface area contributed by atoms with Crippen LogP contribution in [0.1, 0.15) is 37.8 Å². The van der Waals surface area contributed by atoms with Gasteiger partial charge in [0.2, 0.25) is 0 Å². The van der Waals surface area contributed by atoms with Crippen LogP contribution in [-0.2, 0) is 4.79 Å². The Hall–Kier alpha value is -2.54. The smallest absolute Gasteiger partial charge is 0.262 e. The number of H-pyrrole nitrogens is 1. The van der Waals surface area contributed by atoms with Crippen LogP contribution in [-0.4, -0.2) is 16.9 Å². The van der Waals surface area contributed by atoms with Gasteiger partial charge in [0, 0.05) is 17.3 Å². The van der Waals surface area contributed by atoms with Gasteiger partial charge in [0.05, 0.1) is 0 Å². The molecular weight excluding hydrogens is 274 g/mol. The molecule has 1 aliphatic carbocycles. The van der Waals surface area contributed by atoms with Crippen molar-refractivity contribution in [3.05, 3.63) is 41.6 Å². The molecule has 1 fully saturated rings. The number of aromatic amines is 1. The normalized spacial score (nSPS) is 16.4. The summed E-state index contributed by atoms with van der Waals surface area (Å²) in [5, 5.41) is 13.3. The van der Waals surface area contributed by atoms with Crippen LogP contribution in [0.2, 0.25) is 0 Å². The summed E-state index contributed by atoms with van der Waals surface area (Å²) < 4.78 is 0. The van der Waals surface area contributed by atoms with E-state index in [1.54, 1.807) is 6.08 Å². The first-order chi connectivity index (χ1) is 10.8. The Morgan fingerprint density at radius 2 is 2.05 bits per heavy atom. The van der Waals surface area contributed by atoms with E-state index in [4.69, 9.17) is 0 Å².